The first-order valence-corrected chi connectivity index (χ1v) is 15.1. The summed E-state index contributed by atoms with van der Waals surface area (Å²) in [6, 6.07) is 1.63. The molecule has 0 aliphatic carbocycles. The Bertz CT molecular complexity index is 856. The van der Waals surface area contributed by atoms with E-state index < -0.39 is 22.6 Å². The van der Waals surface area contributed by atoms with Gasteiger partial charge in [0.2, 0.25) is 0 Å². The molecule has 0 aromatic carbocycles. The van der Waals surface area contributed by atoms with Gasteiger partial charge in [0.15, 0.2) is 17.4 Å². The summed E-state index contributed by atoms with van der Waals surface area (Å²) in [5.41, 5.74) is -1.23. The van der Waals surface area contributed by atoms with Crippen LogP contribution in [0.5, 0.6) is 11.8 Å². The first-order chi connectivity index (χ1) is 17.8. The molecule has 2 rings (SSSR count). The van der Waals surface area contributed by atoms with Gasteiger partial charge in [0.05, 0.1) is 6.61 Å². The first kappa shape index (κ1) is 32.5. The van der Waals surface area contributed by atoms with Crippen LogP contribution in [0.15, 0.2) is 6.07 Å². The Morgan fingerprint density at radius 2 is 1.42 bits per heavy atom. The Morgan fingerprint density at radius 3 is 1.92 bits per heavy atom. The topological polar surface area (TPSA) is 84.2 Å². The zero-order valence-corrected chi connectivity index (χ0v) is 25.6. The van der Waals surface area contributed by atoms with E-state index in [2.05, 4.69) is 34.6 Å². The molecule has 0 unspecified atom stereocenters. The summed E-state index contributed by atoms with van der Waals surface area (Å²) in [5, 5.41) is 23.9. The molecule has 1 saturated heterocycles. The van der Waals surface area contributed by atoms with Crippen LogP contribution in [-0.2, 0) is 20.8 Å². The smallest absolute Gasteiger partial charge is 0.339 e. The zero-order valence-electron chi connectivity index (χ0n) is 25.6. The average molecular weight is 537 g/mol. The van der Waals surface area contributed by atoms with Crippen LogP contribution in [0, 0.1) is 0 Å². The Morgan fingerprint density at radius 1 is 0.921 bits per heavy atom. The van der Waals surface area contributed by atoms with Gasteiger partial charge in [-0.15, -0.1) is 0 Å². The molecule has 0 bridgehead atoms. The van der Waals surface area contributed by atoms with Crippen molar-refractivity contribution < 1.29 is 24.6 Å². The minimum absolute atomic E-state index is 0.105. The number of carbonyl (C=O) groups is 1. The van der Waals surface area contributed by atoms with Crippen LogP contribution >= 0.6 is 0 Å². The lowest BCUT2D eigenvalue weighted by Crippen LogP contribution is -2.63. The van der Waals surface area contributed by atoms with Crippen LogP contribution in [0.4, 0.5) is 0 Å². The summed E-state index contributed by atoms with van der Waals surface area (Å²) in [6.45, 7) is 16.1. The Labute approximate surface area is 231 Å². The molecular formula is C31H56N2O5. The van der Waals surface area contributed by atoms with E-state index in [1.807, 2.05) is 5.06 Å². The van der Waals surface area contributed by atoms with Gasteiger partial charge in [-0.25, -0.2) is 4.79 Å². The van der Waals surface area contributed by atoms with Crippen LogP contribution in [0.2, 0.25) is 0 Å². The van der Waals surface area contributed by atoms with Gasteiger partial charge in [-0.2, -0.15) is 5.06 Å². The highest BCUT2D eigenvalue weighted by molar-refractivity contribution is 5.78. The van der Waals surface area contributed by atoms with Crippen molar-refractivity contribution in [1.29, 1.82) is 0 Å². The monoisotopic (exact) mass is 536 g/mol. The van der Waals surface area contributed by atoms with Crippen molar-refractivity contribution in [2.24, 2.45) is 0 Å². The highest BCUT2D eigenvalue weighted by atomic mass is 16.7. The number of hydroxylamine groups is 2. The second kappa shape index (κ2) is 14.1. The van der Waals surface area contributed by atoms with Crippen LogP contribution in [0.3, 0.4) is 0 Å². The first-order valence-electron chi connectivity index (χ1n) is 15.1. The second-order valence-electron chi connectivity index (χ2n) is 13.0. The van der Waals surface area contributed by atoms with Gasteiger partial charge in [0, 0.05) is 28.7 Å². The number of esters is 1. The molecule has 38 heavy (non-hydrogen) atoms. The summed E-state index contributed by atoms with van der Waals surface area (Å²) in [7, 11) is 0. The minimum atomic E-state index is -1.13. The maximum absolute atomic E-state index is 12.5. The largest absolute Gasteiger partial charge is 0.494 e. The number of nitrogens with zero attached hydrogens (tertiary/aromatic N) is 2. The van der Waals surface area contributed by atoms with Crippen molar-refractivity contribution in [3.8, 4) is 11.8 Å². The van der Waals surface area contributed by atoms with Crippen molar-refractivity contribution in [1.82, 2.24) is 9.63 Å². The lowest BCUT2D eigenvalue weighted by Gasteiger charge is -2.55. The number of aryl methyl sites for hydroxylation is 1. The predicted molar refractivity (Wildman–Crippen MR) is 153 cm³/mol. The Kier molecular flexibility index (Phi) is 12.0. The molecule has 1 aliphatic rings. The highest BCUT2D eigenvalue weighted by Gasteiger charge is 2.51. The second-order valence-corrected chi connectivity index (χ2v) is 13.0. The van der Waals surface area contributed by atoms with Crippen LogP contribution < -0.4 is 0 Å². The van der Waals surface area contributed by atoms with Gasteiger partial charge in [0.1, 0.15) is 0 Å². The van der Waals surface area contributed by atoms with E-state index in [1.165, 1.54) is 51.4 Å². The molecule has 0 atom stereocenters. The molecule has 7 nitrogen and oxygen atoms in total. The Hall–Kier alpha value is -1.73. The van der Waals surface area contributed by atoms with Crippen molar-refractivity contribution in [3.05, 3.63) is 11.6 Å². The molecule has 1 fully saturated rings. The van der Waals surface area contributed by atoms with E-state index in [0.29, 0.717) is 19.4 Å². The van der Waals surface area contributed by atoms with Crippen molar-refractivity contribution >= 4 is 5.97 Å². The average Bonchev–Trinajstić information content (AvgIpc) is 3.10. The molecule has 0 saturated carbocycles. The number of aromatic hydroxyl groups is 2. The number of aromatic nitrogens is 1. The normalized spacial score (nSPS) is 18.1. The van der Waals surface area contributed by atoms with Crippen LogP contribution in [-0.4, -0.2) is 49.1 Å². The lowest BCUT2D eigenvalue weighted by molar-refractivity contribution is -0.328. The standard InChI is InChI=1S/C31H56N2O5/c1-9-11-12-13-14-15-16-17-18-19-20-24-21-26(34)32(27(24)35)25-22-29(3,4)33(30(5,6)23-25)38-31(7,8)28(36)37-10-2/h21,25,34-35H,9-20,22-23H2,1-8H3. The number of piperidine rings is 1. The van der Waals surface area contributed by atoms with Crippen LogP contribution in [0.1, 0.15) is 144 Å². The van der Waals surface area contributed by atoms with Crippen molar-refractivity contribution in [3.63, 3.8) is 0 Å². The van der Waals surface area contributed by atoms with Gasteiger partial charge in [0.25, 0.3) is 0 Å². The quantitative estimate of drug-likeness (QED) is 0.165. The SMILES string of the molecule is CCCCCCCCCCCCc1cc(O)n(C2CC(C)(C)N(OC(C)(C)C(=O)OCC)C(C)(C)C2)c1O. The van der Waals surface area contributed by atoms with Crippen LogP contribution in [0.25, 0.3) is 0 Å². The Balaban J connectivity index is 1.99. The molecule has 1 aromatic rings. The van der Waals surface area contributed by atoms with Gasteiger partial charge in [-0.3, -0.25) is 9.40 Å². The molecule has 1 aromatic heterocycles. The van der Waals surface area contributed by atoms with E-state index in [-0.39, 0.29) is 17.8 Å². The fourth-order valence-electron chi connectivity index (χ4n) is 6.11. The number of hydrogen-bond acceptors (Lipinski definition) is 6. The maximum Gasteiger partial charge on any atom is 0.339 e. The van der Waals surface area contributed by atoms with E-state index >= 15 is 0 Å². The number of rotatable bonds is 16. The number of carbonyl (C=O) groups excluding carboxylic acids is 1. The number of ether oxygens (including phenoxy) is 1. The summed E-state index contributed by atoms with van der Waals surface area (Å²) in [4.78, 5) is 18.8. The van der Waals surface area contributed by atoms with Crippen molar-refractivity contribution in [2.45, 2.75) is 162 Å². The van der Waals surface area contributed by atoms with E-state index in [9.17, 15) is 15.0 Å². The summed E-state index contributed by atoms with van der Waals surface area (Å²) in [5.74, 6) is -0.107. The van der Waals surface area contributed by atoms with Gasteiger partial charge >= 0.3 is 5.97 Å². The third-order valence-corrected chi connectivity index (χ3v) is 7.89. The minimum Gasteiger partial charge on any atom is -0.494 e. The zero-order chi connectivity index (χ0) is 28.6. The maximum atomic E-state index is 12.5. The molecule has 0 spiro atoms. The van der Waals surface area contributed by atoms with Crippen molar-refractivity contribution in [2.75, 3.05) is 6.61 Å². The molecule has 0 amide bonds. The third-order valence-electron chi connectivity index (χ3n) is 7.89. The fraction of sp³-hybridized carbons (Fsp3) is 0.839. The van der Waals surface area contributed by atoms with E-state index in [1.54, 1.807) is 31.4 Å². The highest BCUT2D eigenvalue weighted by Crippen LogP contribution is 2.48. The molecule has 2 heterocycles. The fourth-order valence-corrected chi connectivity index (χ4v) is 6.11. The molecular weight excluding hydrogens is 480 g/mol. The van der Waals surface area contributed by atoms with Gasteiger partial charge < -0.3 is 14.9 Å². The molecule has 220 valence electrons. The van der Waals surface area contributed by atoms with E-state index in [0.717, 1.165) is 24.8 Å². The van der Waals surface area contributed by atoms with Gasteiger partial charge in [-0.05, 0) is 74.1 Å². The van der Waals surface area contributed by atoms with Gasteiger partial charge in [-0.1, -0.05) is 64.7 Å². The number of hydrogen-bond donors (Lipinski definition) is 2. The molecule has 2 N–H and O–H groups in total. The lowest BCUT2D eigenvalue weighted by atomic mass is 9.78. The number of unbranched alkanes of at least 4 members (excludes halogenated alkanes) is 9. The molecule has 7 heteroatoms. The van der Waals surface area contributed by atoms with E-state index in [4.69, 9.17) is 9.57 Å². The summed E-state index contributed by atoms with van der Waals surface area (Å²) >= 11 is 0. The molecule has 1 aliphatic heterocycles. The predicted octanol–water partition coefficient (Wildman–Crippen LogP) is 7.83. The molecule has 0 radical (unpaired) electrons. The third kappa shape index (κ3) is 8.64. The summed E-state index contributed by atoms with van der Waals surface area (Å²) < 4.78 is 6.92. The summed E-state index contributed by atoms with van der Waals surface area (Å²) in [6.07, 6.45) is 14.7.